The van der Waals surface area contributed by atoms with Gasteiger partial charge in [-0.1, -0.05) is 76.2 Å². The largest absolute Gasteiger partial charge is 0.402 e. The summed E-state index contributed by atoms with van der Waals surface area (Å²) >= 11 is 0. The summed E-state index contributed by atoms with van der Waals surface area (Å²) in [6.45, 7) is 18.0. The highest BCUT2D eigenvalue weighted by Gasteiger charge is 2.37. The van der Waals surface area contributed by atoms with E-state index in [9.17, 15) is 34.8 Å². The number of nitriles is 3. The van der Waals surface area contributed by atoms with Gasteiger partial charge < -0.3 is 52.4 Å². The molecule has 3 fully saturated rings. The van der Waals surface area contributed by atoms with Gasteiger partial charge in [-0.3, -0.25) is 0 Å². The molecule has 10 N–H and O–H groups in total. The minimum Gasteiger partial charge on any atom is -0.402 e. The van der Waals surface area contributed by atoms with Crippen LogP contribution in [-0.2, 0) is 19.3 Å². The number of aryl methyl sites for hydroxylation is 2. The van der Waals surface area contributed by atoms with Gasteiger partial charge in [0.25, 0.3) is 0 Å². The zero-order chi connectivity index (χ0) is 64.4. The Labute approximate surface area is 527 Å². The van der Waals surface area contributed by atoms with Crippen molar-refractivity contribution in [3.63, 3.8) is 0 Å². The van der Waals surface area contributed by atoms with Gasteiger partial charge in [0, 0.05) is 55.9 Å². The van der Waals surface area contributed by atoms with Gasteiger partial charge >= 0.3 is 0 Å². The Morgan fingerprint density at radius 2 is 1.12 bits per heavy atom. The summed E-state index contributed by atoms with van der Waals surface area (Å²) in [4.78, 5) is 30.2. The minimum absolute atomic E-state index is 0.144. The first kappa shape index (κ1) is 66.6. The van der Waals surface area contributed by atoms with Crippen molar-refractivity contribution >= 4 is 35.3 Å². The number of aliphatic hydroxyl groups is 2. The summed E-state index contributed by atoms with van der Waals surface area (Å²) in [7, 11) is 0. The predicted octanol–water partition coefficient (Wildman–Crippen LogP) is 11.2. The van der Waals surface area contributed by atoms with E-state index in [0.717, 1.165) is 99.6 Å². The number of hydrogen-bond acceptors (Lipinski definition) is 19. The van der Waals surface area contributed by atoms with Gasteiger partial charge in [-0.05, 0) is 161 Å². The number of hydrogen-bond donors (Lipinski definition) is 9. The maximum atomic E-state index is 14.4. The van der Waals surface area contributed by atoms with E-state index in [1.54, 1.807) is 41.6 Å². The van der Waals surface area contributed by atoms with E-state index in [1.807, 2.05) is 13.0 Å². The lowest BCUT2D eigenvalue weighted by molar-refractivity contribution is 0.00924. The summed E-state index contributed by atoms with van der Waals surface area (Å²) < 4.78 is 29.3. The number of allylic oxidation sites excluding steroid dienone is 1. The molecule has 10 rings (SSSR count). The maximum absolute atomic E-state index is 14.4. The van der Waals surface area contributed by atoms with Crippen molar-refractivity contribution in [2.24, 2.45) is 22.5 Å². The Hall–Kier alpha value is -9.30. The fourth-order valence-corrected chi connectivity index (χ4v) is 11.7. The lowest BCUT2D eigenvalue weighted by atomic mass is 9.73. The number of benzene rings is 3. The molecule has 7 aromatic rings. The third kappa shape index (κ3) is 18.9. The van der Waals surface area contributed by atoms with Crippen LogP contribution in [0.4, 0.5) is 44.1 Å². The summed E-state index contributed by atoms with van der Waals surface area (Å²) in [6, 6.07) is 25.4. The first-order chi connectivity index (χ1) is 43.2. The number of nitrogens with two attached hydrogens (primary N) is 1. The number of halogens is 2. The molecule has 0 radical (unpaired) electrons. The van der Waals surface area contributed by atoms with Crippen molar-refractivity contribution in [2.45, 2.75) is 155 Å². The van der Waals surface area contributed by atoms with E-state index in [2.05, 4.69) is 150 Å². The Kier molecular flexibility index (Phi) is 23.1. The normalized spacial score (nSPS) is 19.7. The van der Waals surface area contributed by atoms with Crippen LogP contribution in [0.1, 0.15) is 136 Å². The fraction of sp³-hybridized carbons (Fsp3) is 0.441. The number of aliphatic hydroxyl groups excluding tert-OH is 2. The van der Waals surface area contributed by atoms with E-state index in [-0.39, 0.29) is 52.8 Å². The van der Waals surface area contributed by atoms with E-state index in [4.69, 9.17) is 5.73 Å². The molecular formula is C68H84F2N18O2. The van der Waals surface area contributed by atoms with Crippen molar-refractivity contribution in [3.8, 4) is 23.9 Å². The molecule has 3 aromatic carbocycles. The third-order valence-corrected chi connectivity index (χ3v) is 17.2. The van der Waals surface area contributed by atoms with Crippen molar-refractivity contribution < 1.29 is 19.0 Å². The van der Waals surface area contributed by atoms with Crippen LogP contribution in [0.25, 0.3) is 5.69 Å². The number of rotatable bonds is 20. The highest BCUT2D eigenvalue weighted by Crippen LogP contribution is 2.39. The first-order valence-electron chi connectivity index (χ1n) is 30.9. The molecule has 3 aliphatic carbocycles. The molecule has 3 saturated carbocycles. The standard InChI is InChI=1S/C24H27FN8.C22H28FN5O.C22H29N5O/c1-16(27)18-3-5-20(6-4-18)31-23-19(13-26)14-30-24(32-23)29-9-8-17-2-7-22(21(25)12-17)33-11-10-28-15-33;1-14-10-17(23)5-4-15(14)8-9-25-21-26-13-16(12-24)20(28-21)27-18-6-7-19(29)22(2,3)11-18;1-15-5-4-6-16(11-15)9-10-24-21-25-14-17(13-23)20(27-21)26-18-7-8-19(28)22(2,3)12-18/h2,7,10-12,14-15,18,20H,1,3-6,8-9,27H2,(H2,29,30,31,32);4-5,10,13,18-19,29H,6-9,11H2,1-3H3,(H2,25,26,27,28);4-6,11,14,18-19,28H,7-10,12H2,1-3H3,(H2,24,25,26,27)/t;2*18-,19+/m.11/s1. The molecule has 0 spiro atoms. The fourth-order valence-electron chi connectivity index (χ4n) is 11.7. The van der Waals surface area contributed by atoms with Crippen LogP contribution in [0.2, 0.25) is 0 Å². The van der Waals surface area contributed by atoms with Gasteiger partial charge in [0.15, 0.2) is 0 Å². The van der Waals surface area contributed by atoms with Crippen LogP contribution in [-0.4, -0.2) is 99.6 Å². The third-order valence-electron chi connectivity index (χ3n) is 17.2. The van der Waals surface area contributed by atoms with Gasteiger partial charge in [0.2, 0.25) is 17.8 Å². The van der Waals surface area contributed by atoms with Crippen molar-refractivity contribution in [3.05, 3.63) is 166 Å². The maximum Gasteiger partial charge on any atom is 0.224 e. The minimum atomic E-state index is -0.312. The highest BCUT2D eigenvalue weighted by atomic mass is 19.1. The number of aromatic nitrogens is 8. The van der Waals surface area contributed by atoms with Gasteiger partial charge in [-0.2, -0.15) is 30.7 Å². The lowest BCUT2D eigenvalue weighted by Gasteiger charge is -2.40. The van der Waals surface area contributed by atoms with Crippen molar-refractivity contribution in [2.75, 3.05) is 51.5 Å². The number of imidazole rings is 1. The molecule has 4 heterocycles. The molecule has 20 nitrogen and oxygen atoms in total. The Morgan fingerprint density at radius 1 is 0.633 bits per heavy atom. The molecule has 472 valence electrons. The Balaban J connectivity index is 0.000000175. The molecular weight excluding hydrogens is 1140 g/mol. The van der Waals surface area contributed by atoms with Crippen LogP contribution >= 0.6 is 0 Å². The summed E-state index contributed by atoms with van der Waals surface area (Å²) in [6.07, 6.45) is 19.7. The molecule has 0 bridgehead atoms. The summed E-state index contributed by atoms with van der Waals surface area (Å²) in [5.74, 6) is 2.82. The zero-order valence-corrected chi connectivity index (χ0v) is 52.4. The average Bonchev–Trinajstić information content (AvgIpc) is 2.46. The number of nitrogens with one attached hydrogen (secondary N) is 6. The van der Waals surface area contributed by atoms with Gasteiger partial charge in [0.05, 0.1) is 42.8 Å². The van der Waals surface area contributed by atoms with E-state index in [1.165, 1.54) is 41.7 Å². The van der Waals surface area contributed by atoms with Gasteiger partial charge in [-0.15, -0.1) is 0 Å². The Bertz CT molecular complexity index is 3660. The molecule has 4 atom stereocenters. The molecule has 0 aliphatic heterocycles. The van der Waals surface area contributed by atoms with E-state index in [0.29, 0.717) is 89.5 Å². The average molecular weight is 1220 g/mol. The second-order valence-electron chi connectivity index (χ2n) is 25.1. The predicted molar refractivity (Wildman–Crippen MR) is 347 cm³/mol. The van der Waals surface area contributed by atoms with Crippen LogP contribution in [0, 0.1) is 76.2 Å². The Morgan fingerprint density at radius 3 is 1.57 bits per heavy atom. The molecule has 0 saturated heterocycles. The van der Waals surface area contributed by atoms with Crippen LogP contribution in [0.3, 0.4) is 0 Å². The quantitative estimate of drug-likeness (QED) is 0.0342. The zero-order valence-electron chi connectivity index (χ0n) is 52.4. The van der Waals surface area contributed by atoms with Crippen molar-refractivity contribution in [1.29, 1.82) is 15.8 Å². The van der Waals surface area contributed by atoms with Gasteiger partial charge in [0.1, 0.15) is 64.0 Å². The molecule has 4 aromatic heterocycles. The van der Waals surface area contributed by atoms with Crippen molar-refractivity contribution in [1.82, 2.24) is 39.5 Å². The number of nitrogens with zero attached hydrogens (tertiary/aromatic N) is 11. The van der Waals surface area contributed by atoms with Gasteiger partial charge in [-0.25, -0.2) is 28.7 Å². The molecule has 0 amide bonds. The summed E-state index contributed by atoms with van der Waals surface area (Å²) in [5, 5.41) is 68.3. The molecule has 0 unspecified atom stereocenters. The molecule has 22 heteroatoms. The highest BCUT2D eigenvalue weighted by molar-refractivity contribution is 5.56. The lowest BCUT2D eigenvalue weighted by Crippen LogP contribution is -2.41. The summed E-state index contributed by atoms with van der Waals surface area (Å²) in [5.41, 5.74) is 13.3. The smallest absolute Gasteiger partial charge is 0.224 e. The van der Waals surface area contributed by atoms with E-state index >= 15 is 0 Å². The van der Waals surface area contributed by atoms with E-state index < -0.39 is 0 Å². The second-order valence-corrected chi connectivity index (χ2v) is 25.1. The van der Waals surface area contributed by atoms with Crippen LogP contribution in [0.15, 0.2) is 110 Å². The molecule has 90 heavy (non-hydrogen) atoms. The molecule has 3 aliphatic rings. The SMILES string of the molecule is C=C(N)C1CCC(Nc2nc(NCCc3ccc(-n4ccnc4)c(F)c3)ncc2C#N)CC1.Cc1cc(F)ccc1CCNc1ncc(C#N)c(N[C@@H]2CC[C@H](O)C(C)(C)C2)n1.Cc1cccc(CCNc2ncc(C#N)c(N[C@@H]3CC[C@H](O)C(C)(C)C3)n2)c1. The van der Waals surface area contributed by atoms with Crippen LogP contribution in [0.5, 0.6) is 0 Å². The monoisotopic (exact) mass is 1220 g/mol. The first-order valence-corrected chi connectivity index (χ1v) is 30.9. The second kappa shape index (κ2) is 31.2. The van der Waals surface area contributed by atoms with Crippen LogP contribution < -0.4 is 37.6 Å². The number of anilines is 6. The topological polar surface area (TPSA) is 305 Å².